The number of methoxy groups -OCH3 is 1. The van der Waals surface area contributed by atoms with Crippen LogP contribution in [0.1, 0.15) is 180 Å². The van der Waals surface area contributed by atoms with Gasteiger partial charge in [0.05, 0.1) is 48.6 Å². The molecule has 488 valence electrons. The number of piperidine rings is 1. The van der Waals surface area contributed by atoms with Crippen LogP contribution in [0, 0.1) is 53.3 Å². The number of aliphatic carboxylic acids is 1. The van der Waals surface area contributed by atoms with E-state index in [4.69, 9.17) is 14.2 Å². The zero-order valence-corrected chi connectivity index (χ0v) is 55.1. The van der Waals surface area contributed by atoms with Crippen molar-refractivity contribution in [1.29, 1.82) is 0 Å². The van der Waals surface area contributed by atoms with Gasteiger partial charge >= 0.3 is 11.9 Å². The highest BCUT2D eigenvalue weighted by molar-refractivity contribution is 8.03. The van der Waals surface area contributed by atoms with E-state index in [2.05, 4.69) is 31.0 Å². The van der Waals surface area contributed by atoms with Crippen LogP contribution in [-0.4, -0.2) is 192 Å². The van der Waals surface area contributed by atoms with Gasteiger partial charge in [-0.2, -0.15) is 0 Å². The number of Topliss-reactive ketones (excluding diaryl/α,β-unsaturated/α-hetero) is 2. The number of aliphatic hydroxyl groups is 5. The van der Waals surface area contributed by atoms with E-state index in [0.717, 1.165) is 5.57 Å². The highest BCUT2D eigenvalue weighted by Crippen LogP contribution is 2.52. The zero-order chi connectivity index (χ0) is 64.0. The van der Waals surface area contributed by atoms with Gasteiger partial charge in [0.25, 0.3) is 11.7 Å². The topological polar surface area (TPSA) is 273 Å². The molecule has 5 fully saturated rings. The molecule has 7 aliphatic rings. The molecule has 20 heteroatoms. The van der Waals surface area contributed by atoms with Crippen molar-refractivity contribution in [1.82, 2.24) is 20.0 Å². The molecule has 0 radical (unpaired) electrons. The molecule has 7 rings (SSSR count). The molecular weight excluding hydrogens is 1120 g/mol. The van der Waals surface area contributed by atoms with Crippen molar-refractivity contribution in [2.45, 2.75) is 257 Å². The summed E-state index contributed by atoms with van der Waals surface area (Å²) in [5.41, 5.74) is 1.18. The Bertz CT molecular complexity index is 2490. The first kappa shape index (κ1) is 71.5. The van der Waals surface area contributed by atoms with Gasteiger partial charge in [0.15, 0.2) is 0 Å². The molecule has 0 aromatic heterocycles. The van der Waals surface area contributed by atoms with E-state index in [0.29, 0.717) is 101 Å². The fourth-order valence-corrected chi connectivity index (χ4v) is 16.7. The molecule has 19 nitrogen and oxygen atoms in total. The second-order valence-corrected chi connectivity index (χ2v) is 28.9. The summed E-state index contributed by atoms with van der Waals surface area (Å²) in [4.78, 5) is 89.3. The second-order valence-electron chi connectivity index (χ2n) is 27.5. The molecule has 6 heterocycles. The zero-order valence-electron chi connectivity index (χ0n) is 54.3. The molecule has 0 spiro atoms. The number of carboxylic acids is 1. The van der Waals surface area contributed by atoms with E-state index in [1.165, 1.54) is 21.6 Å². The van der Waals surface area contributed by atoms with Crippen molar-refractivity contribution in [2.24, 2.45) is 53.3 Å². The maximum absolute atomic E-state index is 14.9. The Balaban J connectivity index is 0.00000585. The average molecular weight is 1230 g/mol. The molecule has 0 aromatic rings. The summed E-state index contributed by atoms with van der Waals surface area (Å²) in [6.07, 6.45) is 5.12. The number of β-lactam (4-membered cyclic amide) rings is 1. The number of aliphatic hydroxyl groups excluding tert-OH is 4. The highest BCUT2D eigenvalue weighted by Gasteiger charge is 2.61. The van der Waals surface area contributed by atoms with E-state index >= 15 is 0 Å². The van der Waals surface area contributed by atoms with Crippen molar-refractivity contribution in [3.8, 4) is 0 Å². The molecule has 86 heavy (non-hydrogen) atoms. The number of esters is 1. The maximum Gasteiger partial charge on any atom is 0.353 e. The monoisotopic (exact) mass is 1230 g/mol. The first-order valence-corrected chi connectivity index (χ1v) is 33.3. The molecule has 1 aliphatic carbocycles. The van der Waals surface area contributed by atoms with Crippen LogP contribution in [0.4, 0.5) is 0 Å². The third-order valence-electron chi connectivity index (χ3n) is 20.6. The molecule has 1 saturated carbocycles. The van der Waals surface area contributed by atoms with Gasteiger partial charge in [-0.25, -0.2) is 9.59 Å². The Kier molecular flexibility index (Phi) is 25.4. The molecule has 7 N–H and O–H groups in total. The summed E-state index contributed by atoms with van der Waals surface area (Å²) in [5.74, 6) is -10.1. The quantitative estimate of drug-likeness (QED) is 0.0370. The third-order valence-corrected chi connectivity index (χ3v) is 22.1. The standard InChI is InChI=1S/C64H102N4O15S.C2H6/c1-33-24-34(2)26-43(19-21-63(10,11)66(12)23-20-47(70)45-30-44(32-65-45)84-57-40(8)53-52(41(9)69)59(75)68(53)54(57)61(77)78)50(73)31-49(72)39(7)56(37(5)28-42-17-18-48(71)51(29-42)81-13)82-62(79)46-16-14-15-22-67(46)60(76)58(74)64(80)38(6)27-36(4)55(83-64)35(3)25-33;1-2/h26,28,33,35-36,38-49,51-53,55-56,65,69-72,80H,14-25,27,29-32H2,1-13H3,(H,77,78);1-2H3/b34-26+,37-28+;/t33-,35-,36-,38+,39+,40+,41+,42-,43+,44-,45-,46-,47+,48+,49-,51+,52+,53+,55+,56+,64+;/m0./s1. The molecule has 2 bridgehead atoms. The van der Waals surface area contributed by atoms with Gasteiger partial charge in [-0.1, -0.05) is 73.1 Å². The number of nitrogens with one attached hydrogen (secondary N) is 1. The number of amides is 2. The first-order valence-electron chi connectivity index (χ1n) is 32.4. The number of fused-ring (bicyclic) bond motifs is 4. The number of hydrogen-bond acceptors (Lipinski definition) is 17. The molecule has 2 amide bonds. The SMILES string of the molecule is CC.CO[C@@H]1C[C@H](/C=C(\C)[C@H]2OC(=O)[C@@H]3CCCCN3C(=O)C(=O)[C@]3(O)O[C@H]([C@@H](C)C[C@@H](C)C/C(C)=C/[C@@H](CCC(C)(C)N(C)CC[C@@H](O)[C@@H]4C[C@H](SC5=C(C(=O)O)N6C(=O)[C@H]([C@@H](C)O)[C@H]6[C@H]5C)CN4)C(=O)C[C@H](O)[C@H]2C)[C@@H](C)C[C@H]3C)CC[C@H]1O. The number of cyclic esters (lactones) is 1. The lowest BCUT2D eigenvalue weighted by Crippen LogP contribution is -2.63. The first-order chi connectivity index (χ1) is 40.4. The lowest BCUT2D eigenvalue weighted by molar-refractivity contribution is -0.282. The largest absolute Gasteiger partial charge is 0.477 e. The lowest BCUT2D eigenvalue weighted by atomic mass is 9.76. The number of carboxylic acid groups (broad SMARTS) is 1. The number of thioether (sulfide) groups is 1. The number of nitrogens with zero attached hydrogens (tertiary/aromatic N) is 3. The fraction of sp³-hybridized carbons (Fsp3) is 0.818. The lowest BCUT2D eigenvalue weighted by Gasteiger charge is -2.46. The van der Waals surface area contributed by atoms with Gasteiger partial charge in [-0.15, -0.1) is 11.8 Å². The van der Waals surface area contributed by atoms with Crippen LogP contribution in [0.2, 0.25) is 0 Å². The number of hydrogen-bond donors (Lipinski definition) is 7. The van der Waals surface area contributed by atoms with E-state index in [-0.39, 0.29) is 77.7 Å². The Labute approximate surface area is 516 Å². The summed E-state index contributed by atoms with van der Waals surface area (Å²) in [6.45, 7) is 26.4. The Hall–Kier alpha value is -3.57. The number of allylic oxidation sites excluding steroid dienone is 3. The summed E-state index contributed by atoms with van der Waals surface area (Å²) >= 11 is 1.45. The van der Waals surface area contributed by atoms with Crippen LogP contribution in [0.15, 0.2) is 33.9 Å². The Morgan fingerprint density at radius 1 is 0.965 bits per heavy atom. The van der Waals surface area contributed by atoms with E-state index in [1.54, 1.807) is 27.9 Å². The molecular formula is C66H108N4O15S. The minimum Gasteiger partial charge on any atom is -0.477 e. The summed E-state index contributed by atoms with van der Waals surface area (Å²) in [7, 11) is 3.57. The van der Waals surface area contributed by atoms with Crippen LogP contribution in [-0.2, 0) is 43.0 Å². The Morgan fingerprint density at radius 2 is 1.64 bits per heavy atom. The second kappa shape index (κ2) is 30.5. The number of ether oxygens (including phenoxy) is 3. The fourth-order valence-electron chi connectivity index (χ4n) is 15.2. The van der Waals surface area contributed by atoms with Gasteiger partial charge < -0.3 is 64.9 Å². The molecule has 21 atom stereocenters. The molecule has 4 saturated heterocycles. The Morgan fingerprint density at radius 3 is 2.29 bits per heavy atom. The van der Waals surface area contributed by atoms with Crippen LogP contribution in [0.25, 0.3) is 0 Å². The van der Waals surface area contributed by atoms with Crippen molar-refractivity contribution in [2.75, 3.05) is 33.8 Å². The smallest absolute Gasteiger partial charge is 0.353 e. The van der Waals surface area contributed by atoms with Gasteiger partial charge in [-0.3, -0.25) is 19.2 Å². The summed E-state index contributed by atoms with van der Waals surface area (Å²) in [6, 6.07) is -1.79. The van der Waals surface area contributed by atoms with Crippen LogP contribution < -0.4 is 5.32 Å². The van der Waals surface area contributed by atoms with Crippen molar-refractivity contribution >= 4 is 47.1 Å². The minimum absolute atomic E-state index is 0.00643. The third kappa shape index (κ3) is 16.1. The van der Waals surface area contributed by atoms with E-state index in [1.807, 2.05) is 67.7 Å². The molecule has 0 unspecified atom stereocenters. The number of carbonyl (C=O) groups excluding carboxylic acids is 5. The van der Waals surface area contributed by atoms with Crippen molar-refractivity contribution < 1.29 is 73.6 Å². The van der Waals surface area contributed by atoms with E-state index in [9.17, 15) is 59.4 Å². The number of carbonyl (C=O) groups is 6. The summed E-state index contributed by atoms with van der Waals surface area (Å²) in [5, 5.41) is 70.6. The normalized spacial score (nSPS) is 38.8. The van der Waals surface area contributed by atoms with Gasteiger partial charge in [0.2, 0.25) is 11.7 Å². The minimum atomic E-state index is -2.41. The maximum atomic E-state index is 14.9. The predicted molar refractivity (Wildman–Crippen MR) is 330 cm³/mol. The van der Waals surface area contributed by atoms with Gasteiger partial charge in [-0.05, 0) is 154 Å². The number of ketones is 2. The summed E-state index contributed by atoms with van der Waals surface area (Å²) < 4.78 is 18.5. The van der Waals surface area contributed by atoms with Crippen LogP contribution in [0.5, 0.6) is 0 Å². The van der Waals surface area contributed by atoms with Crippen LogP contribution >= 0.6 is 11.8 Å². The average Bonchev–Trinajstić information content (AvgIpc) is 1.55. The van der Waals surface area contributed by atoms with Crippen molar-refractivity contribution in [3.63, 3.8) is 0 Å². The highest BCUT2D eigenvalue weighted by atomic mass is 32.2. The molecule has 6 aliphatic heterocycles. The van der Waals surface area contributed by atoms with Gasteiger partial charge in [0.1, 0.15) is 23.6 Å². The van der Waals surface area contributed by atoms with E-state index < -0.39 is 113 Å². The van der Waals surface area contributed by atoms with Crippen LogP contribution in [0.3, 0.4) is 0 Å². The van der Waals surface area contributed by atoms with Crippen molar-refractivity contribution in [3.05, 3.63) is 33.9 Å². The number of rotatable bonds is 15. The predicted octanol–water partition coefficient (Wildman–Crippen LogP) is 7.19. The van der Waals surface area contributed by atoms with Gasteiger partial charge in [0, 0.05) is 78.6 Å². The molecule has 0 aromatic carbocycles.